The highest BCUT2D eigenvalue weighted by molar-refractivity contribution is 5.86. The molecule has 2 rings (SSSR count). The molecule has 80 valence electrons. The maximum atomic E-state index is 5.19. The zero-order valence-corrected chi connectivity index (χ0v) is 9.61. The molecule has 0 saturated heterocycles. The summed E-state index contributed by atoms with van der Waals surface area (Å²) in [5.41, 5.74) is 0.983. The molecule has 3 nitrogen and oxygen atoms in total. The number of fused-ring (bicyclic) bond motifs is 1. The predicted molar refractivity (Wildman–Crippen MR) is 62.2 cm³/mol. The normalized spacial score (nSPS) is 9.33. The van der Waals surface area contributed by atoms with E-state index in [1.807, 2.05) is 26.8 Å². The Labute approximate surface area is 90.1 Å². The van der Waals surface area contributed by atoms with E-state index in [2.05, 4.69) is 9.97 Å². The van der Waals surface area contributed by atoms with Gasteiger partial charge in [0.15, 0.2) is 0 Å². The number of aryl methyl sites for hydroxylation is 1. The maximum Gasteiger partial charge on any atom is 0.145 e. The van der Waals surface area contributed by atoms with Crippen molar-refractivity contribution in [2.75, 3.05) is 7.11 Å². The molecule has 0 unspecified atom stereocenters. The summed E-state index contributed by atoms with van der Waals surface area (Å²) >= 11 is 0. The molecule has 2 aromatic rings. The van der Waals surface area contributed by atoms with Crippen molar-refractivity contribution < 1.29 is 4.74 Å². The highest BCUT2D eigenvalue weighted by Gasteiger charge is 2.01. The van der Waals surface area contributed by atoms with Crippen molar-refractivity contribution in [1.29, 1.82) is 0 Å². The number of hydrogen-bond donors (Lipinski definition) is 0. The van der Waals surface area contributed by atoms with E-state index < -0.39 is 0 Å². The fraction of sp³-hybridized carbons (Fsp3) is 0.333. The van der Waals surface area contributed by atoms with Gasteiger partial charge in [-0.1, -0.05) is 13.8 Å². The number of aromatic nitrogens is 2. The van der Waals surface area contributed by atoms with Crippen LogP contribution in [0.25, 0.3) is 10.8 Å². The number of pyridine rings is 2. The minimum absolute atomic E-state index is 0.794. The van der Waals surface area contributed by atoms with Crippen molar-refractivity contribution in [2.45, 2.75) is 20.8 Å². The summed E-state index contributed by atoms with van der Waals surface area (Å²) in [6.07, 6.45) is 5.30. The van der Waals surface area contributed by atoms with Crippen molar-refractivity contribution in [3.05, 3.63) is 30.4 Å². The van der Waals surface area contributed by atoms with Crippen molar-refractivity contribution in [3.63, 3.8) is 0 Å². The van der Waals surface area contributed by atoms with Crippen molar-refractivity contribution >= 4 is 10.8 Å². The first-order chi connectivity index (χ1) is 7.31. The van der Waals surface area contributed by atoms with Crippen LogP contribution in [0.4, 0.5) is 0 Å². The standard InChI is InChI=1S/C10H10N2O.C2H6/c1-7-3-9-8(5-12-7)4-11-6-10(9)13-2;1-2/h3-6H,1-2H3;1-2H3. The number of hydrogen-bond acceptors (Lipinski definition) is 3. The Morgan fingerprint density at radius 3 is 2.53 bits per heavy atom. The molecule has 0 bridgehead atoms. The summed E-state index contributed by atoms with van der Waals surface area (Å²) in [6, 6.07) is 2.00. The van der Waals surface area contributed by atoms with E-state index in [4.69, 9.17) is 4.74 Å². The van der Waals surface area contributed by atoms with Gasteiger partial charge in [-0.2, -0.15) is 0 Å². The molecule has 0 N–H and O–H groups in total. The number of nitrogens with zero attached hydrogens (tertiary/aromatic N) is 2. The first-order valence-corrected chi connectivity index (χ1v) is 5.05. The predicted octanol–water partition coefficient (Wildman–Crippen LogP) is 2.97. The second kappa shape index (κ2) is 5.29. The van der Waals surface area contributed by atoms with Crippen LogP contribution in [0.1, 0.15) is 19.5 Å². The average Bonchev–Trinajstić information content (AvgIpc) is 2.31. The van der Waals surface area contributed by atoms with Gasteiger partial charge in [-0.25, -0.2) is 0 Å². The maximum absolute atomic E-state index is 5.19. The summed E-state index contributed by atoms with van der Waals surface area (Å²) in [6.45, 7) is 5.96. The number of methoxy groups -OCH3 is 1. The zero-order chi connectivity index (χ0) is 11.3. The van der Waals surface area contributed by atoms with Crippen molar-refractivity contribution in [2.24, 2.45) is 0 Å². The van der Waals surface area contributed by atoms with Gasteiger partial charge >= 0.3 is 0 Å². The lowest BCUT2D eigenvalue weighted by molar-refractivity contribution is 0.418. The highest BCUT2D eigenvalue weighted by atomic mass is 16.5. The van der Waals surface area contributed by atoms with Crippen LogP contribution in [0.3, 0.4) is 0 Å². The van der Waals surface area contributed by atoms with Crippen LogP contribution in [0.15, 0.2) is 24.7 Å². The fourth-order valence-electron chi connectivity index (χ4n) is 1.30. The Hall–Kier alpha value is -1.64. The van der Waals surface area contributed by atoms with Crippen LogP contribution >= 0.6 is 0 Å². The minimum atomic E-state index is 0.794. The minimum Gasteiger partial charge on any atom is -0.494 e. The summed E-state index contributed by atoms with van der Waals surface area (Å²) < 4.78 is 5.19. The second-order valence-corrected chi connectivity index (χ2v) is 2.89. The van der Waals surface area contributed by atoms with Gasteiger partial charge < -0.3 is 4.74 Å². The van der Waals surface area contributed by atoms with E-state index in [0.29, 0.717) is 0 Å². The van der Waals surface area contributed by atoms with Crippen LogP contribution in [-0.2, 0) is 0 Å². The third-order valence-electron chi connectivity index (χ3n) is 1.96. The second-order valence-electron chi connectivity index (χ2n) is 2.89. The molecule has 0 atom stereocenters. The molecule has 0 spiro atoms. The lowest BCUT2D eigenvalue weighted by Crippen LogP contribution is -1.88. The quantitative estimate of drug-likeness (QED) is 0.716. The topological polar surface area (TPSA) is 35.0 Å². The lowest BCUT2D eigenvalue weighted by Gasteiger charge is -2.03. The first-order valence-electron chi connectivity index (χ1n) is 5.05. The van der Waals surface area contributed by atoms with Gasteiger partial charge in [-0.05, 0) is 13.0 Å². The molecular formula is C12H16N2O. The van der Waals surface area contributed by atoms with Gasteiger partial charge in [0, 0.05) is 28.9 Å². The monoisotopic (exact) mass is 204 g/mol. The van der Waals surface area contributed by atoms with E-state index in [9.17, 15) is 0 Å². The van der Waals surface area contributed by atoms with E-state index >= 15 is 0 Å². The molecule has 2 heterocycles. The Morgan fingerprint density at radius 1 is 1.13 bits per heavy atom. The first kappa shape index (κ1) is 11.4. The molecule has 0 aliphatic carbocycles. The Bertz CT molecular complexity index is 441. The van der Waals surface area contributed by atoms with Gasteiger partial charge in [0.1, 0.15) is 5.75 Å². The van der Waals surface area contributed by atoms with Gasteiger partial charge in [-0.15, -0.1) is 0 Å². The van der Waals surface area contributed by atoms with Gasteiger partial charge in [0.05, 0.1) is 13.3 Å². The van der Waals surface area contributed by atoms with Crippen LogP contribution in [0, 0.1) is 6.92 Å². The third-order valence-corrected chi connectivity index (χ3v) is 1.96. The molecule has 0 aromatic carbocycles. The molecular weight excluding hydrogens is 188 g/mol. The summed E-state index contributed by atoms with van der Waals surface area (Å²) in [7, 11) is 1.65. The van der Waals surface area contributed by atoms with E-state index in [1.54, 1.807) is 25.7 Å². The zero-order valence-electron chi connectivity index (χ0n) is 9.61. The Morgan fingerprint density at radius 2 is 1.87 bits per heavy atom. The van der Waals surface area contributed by atoms with Gasteiger partial charge in [0.25, 0.3) is 0 Å². The lowest BCUT2D eigenvalue weighted by atomic mass is 10.2. The van der Waals surface area contributed by atoms with E-state index in [-0.39, 0.29) is 0 Å². The largest absolute Gasteiger partial charge is 0.494 e. The van der Waals surface area contributed by atoms with E-state index in [1.165, 1.54) is 0 Å². The fourth-order valence-corrected chi connectivity index (χ4v) is 1.30. The SMILES string of the molecule is CC.COc1cncc2cnc(C)cc12. The van der Waals surface area contributed by atoms with Gasteiger partial charge in [-0.3, -0.25) is 9.97 Å². The summed E-state index contributed by atoms with van der Waals surface area (Å²) in [4.78, 5) is 8.24. The molecule has 0 aliphatic rings. The van der Waals surface area contributed by atoms with Crippen LogP contribution in [0.2, 0.25) is 0 Å². The summed E-state index contributed by atoms with van der Waals surface area (Å²) in [5, 5.41) is 2.06. The molecule has 0 radical (unpaired) electrons. The number of rotatable bonds is 1. The summed E-state index contributed by atoms with van der Waals surface area (Å²) in [5.74, 6) is 0.794. The number of ether oxygens (including phenoxy) is 1. The van der Waals surface area contributed by atoms with E-state index in [0.717, 1.165) is 22.2 Å². The van der Waals surface area contributed by atoms with Crippen molar-refractivity contribution in [3.8, 4) is 5.75 Å². The molecule has 2 aromatic heterocycles. The Kier molecular flexibility index (Phi) is 4.03. The molecule has 0 amide bonds. The molecule has 15 heavy (non-hydrogen) atoms. The smallest absolute Gasteiger partial charge is 0.145 e. The van der Waals surface area contributed by atoms with Crippen LogP contribution in [-0.4, -0.2) is 17.1 Å². The third kappa shape index (κ3) is 2.43. The molecule has 0 saturated carbocycles. The molecule has 0 aliphatic heterocycles. The van der Waals surface area contributed by atoms with Crippen molar-refractivity contribution in [1.82, 2.24) is 9.97 Å². The molecule has 3 heteroatoms. The average molecular weight is 204 g/mol. The highest BCUT2D eigenvalue weighted by Crippen LogP contribution is 2.23. The van der Waals surface area contributed by atoms with Gasteiger partial charge in [0.2, 0.25) is 0 Å². The van der Waals surface area contributed by atoms with Crippen LogP contribution in [0.5, 0.6) is 5.75 Å². The Balaban J connectivity index is 0.000000531. The molecule has 0 fully saturated rings. The van der Waals surface area contributed by atoms with Crippen LogP contribution < -0.4 is 4.74 Å².